The van der Waals surface area contributed by atoms with E-state index in [2.05, 4.69) is 26.6 Å². The Hall–Kier alpha value is -2.33. The molecule has 1 aromatic carbocycles. The highest BCUT2D eigenvalue weighted by Crippen LogP contribution is 2.11. The average molecular weight is 405 g/mol. The Morgan fingerprint density at radius 3 is 2.96 bits per heavy atom. The number of benzene rings is 1. The van der Waals surface area contributed by atoms with E-state index in [-0.39, 0.29) is 11.5 Å². The smallest absolute Gasteiger partial charge is 0.263 e. The Kier molecular flexibility index (Phi) is 7.48. The lowest BCUT2D eigenvalue weighted by molar-refractivity contribution is -0.127. The van der Waals surface area contributed by atoms with Crippen molar-refractivity contribution in [2.24, 2.45) is 0 Å². The highest BCUT2D eigenvalue weighted by Gasteiger charge is 2.19. The molecule has 0 unspecified atom stereocenters. The Bertz CT molecular complexity index is 697. The summed E-state index contributed by atoms with van der Waals surface area (Å²) >= 11 is 3.40. The summed E-state index contributed by atoms with van der Waals surface area (Å²) in [5, 5.41) is 14.8. The lowest BCUT2D eigenvalue weighted by Gasteiger charge is -2.15. The Balaban J connectivity index is 1.72. The number of hydrogen-bond acceptors (Lipinski definition) is 4. The number of nitriles is 1. The zero-order chi connectivity index (χ0) is 18.1. The number of nitrogens with one attached hydrogen (secondary N) is 2. The van der Waals surface area contributed by atoms with Crippen molar-refractivity contribution in [2.75, 3.05) is 19.6 Å². The molecule has 132 valence electrons. The molecule has 2 amide bonds. The zero-order valence-corrected chi connectivity index (χ0v) is 15.5. The first-order chi connectivity index (χ1) is 12.1. The van der Waals surface area contributed by atoms with Gasteiger partial charge in [-0.3, -0.25) is 9.59 Å². The van der Waals surface area contributed by atoms with E-state index >= 15 is 0 Å². The topological polar surface area (TPSA) is 85.2 Å². The number of nitrogens with zero attached hydrogens (tertiary/aromatic N) is 2. The number of carbonyl (C=O) groups excluding carboxylic acids is 2. The SMILES string of the molecule is N#C/C(=C/NCc1cccc(Br)c1)C(=O)NCCCN1CCCC1=O. The fourth-order valence-electron chi connectivity index (χ4n) is 2.57. The van der Waals surface area contributed by atoms with Crippen LogP contribution in [0.5, 0.6) is 0 Å². The number of rotatable bonds is 8. The molecule has 6 nitrogen and oxygen atoms in total. The van der Waals surface area contributed by atoms with Crippen molar-refractivity contribution >= 4 is 27.7 Å². The van der Waals surface area contributed by atoms with Gasteiger partial charge < -0.3 is 15.5 Å². The quantitative estimate of drug-likeness (QED) is 0.394. The van der Waals surface area contributed by atoms with Crippen molar-refractivity contribution < 1.29 is 9.59 Å². The molecule has 1 aliphatic rings. The molecule has 0 saturated carbocycles. The first-order valence-electron chi connectivity index (χ1n) is 8.24. The molecule has 7 heteroatoms. The molecule has 0 atom stereocenters. The molecule has 1 saturated heterocycles. The van der Waals surface area contributed by atoms with Gasteiger partial charge in [-0.25, -0.2) is 0 Å². The second-order valence-corrected chi connectivity index (χ2v) is 6.69. The van der Waals surface area contributed by atoms with E-state index in [0.717, 1.165) is 23.0 Å². The predicted molar refractivity (Wildman–Crippen MR) is 98.1 cm³/mol. The summed E-state index contributed by atoms with van der Waals surface area (Å²) in [7, 11) is 0. The molecular formula is C18H21BrN4O2. The van der Waals surface area contributed by atoms with Crippen molar-refractivity contribution in [1.29, 1.82) is 5.26 Å². The monoisotopic (exact) mass is 404 g/mol. The molecule has 1 heterocycles. The number of halogens is 1. The summed E-state index contributed by atoms with van der Waals surface area (Å²) < 4.78 is 0.977. The summed E-state index contributed by atoms with van der Waals surface area (Å²) in [6.45, 7) is 2.41. The van der Waals surface area contributed by atoms with Gasteiger partial charge in [0.05, 0.1) is 0 Å². The highest BCUT2D eigenvalue weighted by molar-refractivity contribution is 9.10. The van der Waals surface area contributed by atoms with Gasteiger partial charge in [-0.1, -0.05) is 28.1 Å². The summed E-state index contributed by atoms with van der Waals surface area (Å²) in [6.07, 6.45) is 3.65. The van der Waals surface area contributed by atoms with Gasteiger partial charge in [0, 0.05) is 43.3 Å². The van der Waals surface area contributed by atoms with Crippen LogP contribution in [0.15, 0.2) is 40.5 Å². The van der Waals surface area contributed by atoms with Crippen LogP contribution in [0.25, 0.3) is 0 Å². The van der Waals surface area contributed by atoms with Crippen LogP contribution in [-0.2, 0) is 16.1 Å². The molecule has 0 spiro atoms. The molecule has 1 aromatic rings. The van der Waals surface area contributed by atoms with E-state index in [1.807, 2.05) is 35.2 Å². The maximum Gasteiger partial charge on any atom is 0.263 e. The summed E-state index contributed by atoms with van der Waals surface area (Å²) in [6, 6.07) is 9.68. The maximum atomic E-state index is 12.0. The summed E-state index contributed by atoms with van der Waals surface area (Å²) in [5.74, 6) is -0.224. The van der Waals surface area contributed by atoms with Crippen LogP contribution >= 0.6 is 15.9 Å². The minimum atomic E-state index is -0.406. The lowest BCUT2D eigenvalue weighted by Crippen LogP contribution is -2.31. The van der Waals surface area contributed by atoms with Gasteiger partial charge in [0.15, 0.2) is 0 Å². The van der Waals surface area contributed by atoms with E-state index in [1.165, 1.54) is 6.20 Å². The summed E-state index contributed by atoms with van der Waals surface area (Å²) in [4.78, 5) is 25.3. The van der Waals surface area contributed by atoms with Crippen molar-refractivity contribution in [1.82, 2.24) is 15.5 Å². The van der Waals surface area contributed by atoms with Crippen molar-refractivity contribution in [3.05, 3.63) is 46.1 Å². The third-order valence-electron chi connectivity index (χ3n) is 3.87. The van der Waals surface area contributed by atoms with Crippen LogP contribution in [0.2, 0.25) is 0 Å². The molecule has 25 heavy (non-hydrogen) atoms. The molecule has 1 aliphatic heterocycles. The van der Waals surface area contributed by atoms with Crippen LogP contribution in [-0.4, -0.2) is 36.3 Å². The molecule has 0 aliphatic carbocycles. The molecule has 0 aromatic heterocycles. The van der Waals surface area contributed by atoms with Gasteiger partial charge in [-0.2, -0.15) is 5.26 Å². The van der Waals surface area contributed by atoms with Crippen LogP contribution < -0.4 is 10.6 Å². The zero-order valence-electron chi connectivity index (χ0n) is 13.9. The van der Waals surface area contributed by atoms with Gasteiger partial charge in [-0.05, 0) is 30.5 Å². The Morgan fingerprint density at radius 2 is 2.28 bits per heavy atom. The fraction of sp³-hybridized carbons (Fsp3) is 0.389. The first-order valence-corrected chi connectivity index (χ1v) is 9.03. The van der Waals surface area contributed by atoms with Gasteiger partial charge in [0.2, 0.25) is 5.91 Å². The number of carbonyl (C=O) groups is 2. The number of hydrogen-bond donors (Lipinski definition) is 2. The molecule has 2 rings (SSSR count). The van der Waals surface area contributed by atoms with E-state index in [1.54, 1.807) is 0 Å². The second-order valence-electron chi connectivity index (χ2n) is 5.77. The Morgan fingerprint density at radius 1 is 1.44 bits per heavy atom. The normalized spacial score (nSPS) is 14.3. The molecule has 0 bridgehead atoms. The van der Waals surface area contributed by atoms with E-state index in [9.17, 15) is 9.59 Å². The van der Waals surface area contributed by atoms with Gasteiger partial charge in [0.1, 0.15) is 11.6 Å². The largest absolute Gasteiger partial charge is 0.386 e. The predicted octanol–water partition coefficient (Wildman–Crippen LogP) is 2.07. The van der Waals surface area contributed by atoms with Crippen molar-refractivity contribution in [2.45, 2.75) is 25.8 Å². The minimum Gasteiger partial charge on any atom is -0.386 e. The molecule has 1 fully saturated rings. The van der Waals surface area contributed by atoms with Crippen molar-refractivity contribution in [3.8, 4) is 6.07 Å². The van der Waals surface area contributed by atoms with Crippen molar-refractivity contribution in [3.63, 3.8) is 0 Å². The van der Waals surface area contributed by atoms with E-state index < -0.39 is 5.91 Å². The van der Waals surface area contributed by atoms with Crippen LogP contribution in [0, 0.1) is 11.3 Å². The third-order valence-corrected chi connectivity index (χ3v) is 4.36. The lowest BCUT2D eigenvalue weighted by atomic mass is 10.2. The van der Waals surface area contributed by atoms with E-state index in [0.29, 0.717) is 32.5 Å². The van der Waals surface area contributed by atoms with Gasteiger partial charge in [0.25, 0.3) is 5.91 Å². The first kappa shape index (κ1) is 19.0. The standard InChI is InChI=1S/C18H21BrN4O2/c19-16-5-1-4-14(10-16)12-21-13-15(11-20)18(25)22-7-3-9-23-8-2-6-17(23)24/h1,4-5,10,13,21H,2-3,6-9,12H2,(H,22,25)/b15-13-. The summed E-state index contributed by atoms with van der Waals surface area (Å²) in [5.41, 5.74) is 1.07. The van der Waals surface area contributed by atoms with Gasteiger partial charge >= 0.3 is 0 Å². The number of amides is 2. The molecular weight excluding hydrogens is 384 g/mol. The average Bonchev–Trinajstić information content (AvgIpc) is 3.00. The molecule has 0 radical (unpaired) electrons. The second kappa shape index (κ2) is 9.84. The minimum absolute atomic E-state index is 0.0345. The Labute approximate surface area is 156 Å². The third kappa shape index (κ3) is 6.24. The van der Waals surface area contributed by atoms with Crippen LogP contribution in [0.4, 0.5) is 0 Å². The molecule has 2 N–H and O–H groups in total. The number of likely N-dealkylation sites (tertiary alicyclic amines) is 1. The van der Waals surface area contributed by atoms with Crippen LogP contribution in [0.1, 0.15) is 24.8 Å². The van der Waals surface area contributed by atoms with E-state index in [4.69, 9.17) is 5.26 Å². The maximum absolute atomic E-state index is 12.0. The highest BCUT2D eigenvalue weighted by atomic mass is 79.9. The van der Waals surface area contributed by atoms with Gasteiger partial charge in [-0.15, -0.1) is 0 Å². The van der Waals surface area contributed by atoms with Crippen LogP contribution in [0.3, 0.4) is 0 Å². The fourth-order valence-corrected chi connectivity index (χ4v) is 3.02.